The second-order valence-corrected chi connectivity index (χ2v) is 3.72. The number of hydrogen-bond donors (Lipinski definition) is 1. The normalized spacial score (nSPS) is 11.1. The predicted molar refractivity (Wildman–Crippen MR) is 56.5 cm³/mol. The Morgan fingerprint density at radius 3 is 2.93 bits per heavy atom. The van der Waals surface area contributed by atoms with Crippen LogP contribution in [0.25, 0.3) is 5.65 Å². The molecule has 2 aromatic heterocycles. The summed E-state index contributed by atoms with van der Waals surface area (Å²) >= 11 is 0. The molecule has 4 heteroatoms. The molecule has 0 fully saturated rings. The topological polar surface area (TPSA) is 42.2 Å². The van der Waals surface area contributed by atoms with E-state index in [0.717, 1.165) is 17.2 Å². The third-order valence-corrected chi connectivity index (χ3v) is 1.90. The molecule has 0 aliphatic heterocycles. The van der Waals surface area contributed by atoms with Gasteiger partial charge in [-0.15, -0.1) is 0 Å². The van der Waals surface area contributed by atoms with Crippen LogP contribution in [0.4, 0.5) is 5.82 Å². The van der Waals surface area contributed by atoms with Gasteiger partial charge in [0.05, 0.1) is 5.69 Å². The molecule has 0 radical (unpaired) electrons. The molecule has 0 aliphatic rings. The average molecular weight is 190 g/mol. The number of aromatic nitrogens is 3. The summed E-state index contributed by atoms with van der Waals surface area (Å²) in [6, 6.07) is 2.34. The van der Waals surface area contributed by atoms with Crippen molar-refractivity contribution in [2.45, 2.75) is 26.8 Å². The maximum Gasteiger partial charge on any atom is 0.141 e. The van der Waals surface area contributed by atoms with Crippen molar-refractivity contribution < 1.29 is 0 Å². The number of nitrogens with zero attached hydrogens (tertiary/aromatic N) is 3. The van der Waals surface area contributed by atoms with Crippen LogP contribution in [-0.4, -0.2) is 20.4 Å². The van der Waals surface area contributed by atoms with Crippen molar-refractivity contribution >= 4 is 11.5 Å². The van der Waals surface area contributed by atoms with Crippen LogP contribution in [0, 0.1) is 6.92 Å². The Hall–Kier alpha value is -1.58. The van der Waals surface area contributed by atoms with Gasteiger partial charge in [-0.25, -0.2) is 9.97 Å². The van der Waals surface area contributed by atoms with Crippen molar-refractivity contribution in [1.82, 2.24) is 14.4 Å². The molecule has 1 N–H and O–H groups in total. The van der Waals surface area contributed by atoms with E-state index in [0.29, 0.717) is 6.04 Å². The second kappa shape index (κ2) is 3.29. The van der Waals surface area contributed by atoms with Gasteiger partial charge in [0.1, 0.15) is 17.8 Å². The van der Waals surface area contributed by atoms with Crippen LogP contribution < -0.4 is 5.32 Å². The highest BCUT2D eigenvalue weighted by molar-refractivity contribution is 5.50. The van der Waals surface area contributed by atoms with Crippen LogP contribution in [-0.2, 0) is 0 Å². The lowest BCUT2D eigenvalue weighted by Gasteiger charge is -2.08. The minimum absolute atomic E-state index is 0.390. The maximum absolute atomic E-state index is 4.36. The lowest BCUT2D eigenvalue weighted by molar-refractivity contribution is 0.885. The molecule has 0 aromatic carbocycles. The molecule has 0 saturated heterocycles. The Balaban J connectivity index is 2.40. The third-order valence-electron chi connectivity index (χ3n) is 1.90. The molecule has 0 atom stereocenters. The van der Waals surface area contributed by atoms with Gasteiger partial charge in [0, 0.05) is 18.3 Å². The molecule has 74 valence electrons. The van der Waals surface area contributed by atoms with Gasteiger partial charge in [0.15, 0.2) is 0 Å². The first-order valence-electron chi connectivity index (χ1n) is 4.73. The number of rotatable bonds is 2. The number of aryl methyl sites for hydroxylation is 1. The molecule has 2 heterocycles. The minimum Gasteiger partial charge on any atom is -0.368 e. The fraction of sp³-hybridized carbons (Fsp3) is 0.400. The van der Waals surface area contributed by atoms with E-state index < -0.39 is 0 Å². The number of imidazole rings is 1. The van der Waals surface area contributed by atoms with E-state index >= 15 is 0 Å². The van der Waals surface area contributed by atoms with Crippen LogP contribution in [0.3, 0.4) is 0 Å². The Kier molecular flexibility index (Phi) is 2.11. The molecule has 2 rings (SSSR count). The first kappa shape index (κ1) is 8.99. The van der Waals surface area contributed by atoms with Crippen LogP contribution in [0.1, 0.15) is 19.5 Å². The van der Waals surface area contributed by atoms with Crippen molar-refractivity contribution in [3.8, 4) is 0 Å². The zero-order valence-corrected chi connectivity index (χ0v) is 8.65. The molecule has 0 saturated carbocycles. The summed E-state index contributed by atoms with van der Waals surface area (Å²) in [5.74, 6) is 0.873. The molecule has 0 aliphatic carbocycles. The molecule has 4 nitrogen and oxygen atoms in total. The van der Waals surface area contributed by atoms with Gasteiger partial charge in [0.25, 0.3) is 0 Å². The smallest absolute Gasteiger partial charge is 0.141 e. The molecular formula is C10H14N4. The third kappa shape index (κ3) is 1.69. The quantitative estimate of drug-likeness (QED) is 0.786. The lowest BCUT2D eigenvalue weighted by Crippen LogP contribution is -2.11. The van der Waals surface area contributed by atoms with Crippen LogP contribution in [0.5, 0.6) is 0 Å². The van der Waals surface area contributed by atoms with Gasteiger partial charge in [0.2, 0.25) is 0 Å². The summed E-state index contributed by atoms with van der Waals surface area (Å²) in [7, 11) is 0. The summed E-state index contributed by atoms with van der Waals surface area (Å²) in [6.07, 6.45) is 3.74. The monoisotopic (exact) mass is 190 g/mol. The van der Waals surface area contributed by atoms with Crippen molar-refractivity contribution in [2.24, 2.45) is 0 Å². The van der Waals surface area contributed by atoms with Crippen molar-refractivity contribution in [3.05, 3.63) is 24.3 Å². The highest BCUT2D eigenvalue weighted by Crippen LogP contribution is 2.09. The Bertz CT molecular complexity index is 444. The molecule has 2 aromatic rings. The number of anilines is 1. The SMILES string of the molecule is Cc1cn2cnc(NC(C)C)cc2n1. The Labute approximate surface area is 83.0 Å². The Morgan fingerprint density at radius 2 is 2.21 bits per heavy atom. The van der Waals surface area contributed by atoms with Gasteiger partial charge >= 0.3 is 0 Å². The van der Waals surface area contributed by atoms with Crippen molar-refractivity contribution in [2.75, 3.05) is 5.32 Å². The molecule has 0 unspecified atom stereocenters. The maximum atomic E-state index is 4.36. The summed E-state index contributed by atoms with van der Waals surface area (Å²) in [4.78, 5) is 8.64. The summed E-state index contributed by atoms with van der Waals surface area (Å²) in [5, 5.41) is 3.24. The number of nitrogens with one attached hydrogen (secondary N) is 1. The van der Waals surface area contributed by atoms with Crippen LogP contribution in [0.15, 0.2) is 18.6 Å². The number of hydrogen-bond acceptors (Lipinski definition) is 3. The van der Waals surface area contributed by atoms with E-state index in [1.54, 1.807) is 6.33 Å². The van der Waals surface area contributed by atoms with E-state index in [1.807, 2.05) is 23.6 Å². The molecule has 0 bridgehead atoms. The van der Waals surface area contributed by atoms with Gasteiger partial charge in [-0.1, -0.05) is 0 Å². The Morgan fingerprint density at radius 1 is 1.43 bits per heavy atom. The fourth-order valence-corrected chi connectivity index (χ4v) is 1.39. The minimum atomic E-state index is 0.390. The van der Waals surface area contributed by atoms with E-state index in [2.05, 4.69) is 29.1 Å². The highest BCUT2D eigenvalue weighted by Gasteiger charge is 2.01. The summed E-state index contributed by atoms with van der Waals surface area (Å²) < 4.78 is 1.92. The van der Waals surface area contributed by atoms with E-state index in [1.165, 1.54) is 0 Å². The van der Waals surface area contributed by atoms with E-state index in [-0.39, 0.29) is 0 Å². The zero-order valence-electron chi connectivity index (χ0n) is 8.65. The first-order chi connectivity index (χ1) is 6.65. The highest BCUT2D eigenvalue weighted by atomic mass is 15.1. The van der Waals surface area contributed by atoms with Crippen molar-refractivity contribution in [3.63, 3.8) is 0 Å². The van der Waals surface area contributed by atoms with Crippen LogP contribution >= 0.6 is 0 Å². The van der Waals surface area contributed by atoms with E-state index in [9.17, 15) is 0 Å². The molecule has 0 spiro atoms. The fourth-order valence-electron chi connectivity index (χ4n) is 1.39. The first-order valence-corrected chi connectivity index (χ1v) is 4.73. The predicted octanol–water partition coefficient (Wildman–Crippen LogP) is 1.86. The van der Waals surface area contributed by atoms with Gasteiger partial charge in [-0.3, -0.25) is 4.40 Å². The summed E-state index contributed by atoms with van der Waals surface area (Å²) in [5.41, 5.74) is 1.94. The zero-order chi connectivity index (χ0) is 10.1. The van der Waals surface area contributed by atoms with Crippen LogP contribution in [0.2, 0.25) is 0 Å². The largest absolute Gasteiger partial charge is 0.368 e. The van der Waals surface area contributed by atoms with Gasteiger partial charge in [-0.05, 0) is 20.8 Å². The average Bonchev–Trinajstić information content (AvgIpc) is 2.42. The van der Waals surface area contributed by atoms with E-state index in [4.69, 9.17) is 0 Å². The number of fused-ring (bicyclic) bond motifs is 1. The molecule has 14 heavy (non-hydrogen) atoms. The lowest BCUT2D eigenvalue weighted by atomic mass is 10.4. The van der Waals surface area contributed by atoms with Gasteiger partial charge < -0.3 is 5.32 Å². The molecular weight excluding hydrogens is 176 g/mol. The standard InChI is InChI=1S/C10H14N4/c1-7(2)12-9-4-10-13-8(3)5-14(10)6-11-9/h4-7,12H,1-3H3. The summed E-state index contributed by atoms with van der Waals surface area (Å²) in [6.45, 7) is 6.15. The molecule has 0 amide bonds. The van der Waals surface area contributed by atoms with Crippen molar-refractivity contribution in [1.29, 1.82) is 0 Å². The second-order valence-electron chi connectivity index (χ2n) is 3.72. The van der Waals surface area contributed by atoms with Gasteiger partial charge in [-0.2, -0.15) is 0 Å².